The lowest BCUT2D eigenvalue weighted by Gasteiger charge is -2.45. The standard InChI is InChI=1S/C57H60N6O6/c1-36(2)43-27-47(45-32-61(33-45)53(39-18-10-6-11-19-39)40-20-12-7-13-21-40)51(59-30-43)55(64)68-49-29-57(63(66)67,50(58)26-38(49)5)69-56(65)52-48(28-44(31-60-52)37(3)4)46-34-62(35-46)54(41-22-14-8-15-23-41)42-24-16-9-17-25-42/h6-25,27-28,30-31,36-37,45-46,50,53-54H,26,29,32-35,58H2,1-5H3. The molecule has 0 spiro atoms. The molecule has 12 heteroatoms. The van der Waals surface area contributed by atoms with Crippen molar-refractivity contribution in [3.8, 4) is 0 Å². The van der Waals surface area contributed by atoms with Crippen molar-refractivity contribution in [2.45, 2.75) is 95.0 Å². The van der Waals surface area contributed by atoms with E-state index in [9.17, 15) is 19.7 Å². The number of rotatable bonds is 15. The van der Waals surface area contributed by atoms with E-state index in [1.807, 2.05) is 84.9 Å². The van der Waals surface area contributed by atoms with Crippen molar-refractivity contribution in [1.29, 1.82) is 0 Å². The summed E-state index contributed by atoms with van der Waals surface area (Å²) in [4.78, 5) is 55.7. The maximum Gasteiger partial charge on any atom is 0.387 e. The van der Waals surface area contributed by atoms with Gasteiger partial charge in [-0.05, 0) is 75.3 Å². The number of aromatic nitrogens is 2. The minimum atomic E-state index is -2.45. The van der Waals surface area contributed by atoms with Gasteiger partial charge in [0.15, 0.2) is 11.4 Å². The lowest BCUT2D eigenvalue weighted by Crippen LogP contribution is -2.59. The number of carbonyl (C=O) groups is 2. The van der Waals surface area contributed by atoms with E-state index in [-0.39, 0.29) is 59.3 Å². The van der Waals surface area contributed by atoms with E-state index >= 15 is 0 Å². The fourth-order valence-corrected chi connectivity index (χ4v) is 10.2. The van der Waals surface area contributed by atoms with Gasteiger partial charge in [0.25, 0.3) is 0 Å². The molecule has 69 heavy (non-hydrogen) atoms. The molecular formula is C57H60N6O6. The van der Waals surface area contributed by atoms with Gasteiger partial charge in [-0.3, -0.25) is 19.9 Å². The van der Waals surface area contributed by atoms with Gasteiger partial charge in [-0.2, -0.15) is 0 Å². The first-order valence-electron chi connectivity index (χ1n) is 24.0. The predicted octanol–water partition coefficient (Wildman–Crippen LogP) is 10.5. The van der Waals surface area contributed by atoms with Crippen LogP contribution >= 0.6 is 0 Å². The van der Waals surface area contributed by atoms with Gasteiger partial charge >= 0.3 is 17.7 Å². The molecule has 0 radical (unpaired) electrons. The molecule has 2 atom stereocenters. The summed E-state index contributed by atoms with van der Waals surface area (Å²) in [5.41, 5.74) is 12.9. The zero-order valence-corrected chi connectivity index (χ0v) is 39.9. The first-order chi connectivity index (χ1) is 33.3. The van der Waals surface area contributed by atoms with E-state index in [4.69, 9.17) is 20.2 Å². The van der Waals surface area contributed by atoms with Crippen molar-refractivity contribution >= 4 is 11.9 Å². The highest BCUT2D eigenvalue weighted by atomic mass is 16.7. The summed E-state index contributed by atoms with van der Waals surface area (Å²) in [6.07, 6.45) is 2.73. The Morgan fingerprint density at radius 3 is 1.38 bits per heavy atom. The summed E-state index contributed by atoms with van der Waals surface area (Å²) in [5, 5.41) is 13.3. The molecule has 0 saturated carbocycles. The topological polar surface area (TPSA) is 154 Å². The van der Waals surface area contributed by atoms with Crippen LogP contribution in [0.5, 0.6) is 0 Å². The van der Waals surface area contributed by atoms with Gasteiger partial charge < -0.3 is 15.2 Å². The van der Waals surface area contributed by atoms with Crippen LogP contribution in [0.4, 0.5) is 0 Å². The Kier molecular flexibility index (Phi) is 13.7. The minimum absolute atomic E-state index is 0.00802. The van der Waals surface area contributed by atoms with Crippen LogP contribution in [0, 0.1) is 10.1 Å². The second kappa shape index (κ2) is 20.0. The Balaban J connectivity index is 0.954. The summed E-state index contributed by atoms with van der Waals surface area (Å²) in [6, 6.07) is 44.2. The van der Waals surface area contributed by atoms with E-state index < -0.39 is 35.0 Å². The molecule has 2 aliphatic heterocycles. The summed E-state index contributed by atoms with van der Waals surface area (Å²) in [6.45, 7) is 12.6. The smallest absolute Gasteiger partial charge is 0.387 e. The van der Waals surface area contributed by atoms with Crippen LogP contribution in [0.15, 0.2) is 157 Å². The minimum Gasteiger partial charge on any atom is -0.426 e. The average molecular weight is 925 g/mol. The van der Waals surface area contributed by atoms with E-state index in [1.165, 1.54) is 11.1 Å². The van der Waals surface area contributed by atoms with Crippen molar-refractivity contribution < 1.29 is 24.0 Å². The first kappa shape index (κ1) is 47.2. The fraction of sp³-hybridized carbons (Fsp3) is 0.333. The van der Waals surface area contributed by atoms with Gasteiger partial charge in [-0.15, -0.1) is 0 Å². The van der Waals surface area contributed by atoms with Gasteiger partial charge in [0, 0.05) is 50.4 Å². The molecule has 2 saturated heterocycles. The molecule has 0 amide bonds. The third-order valence-electron chi connectivity index (χ3n) is 14.3. The molecule has 2 fully saturated rings. The Hall–Kier alpha value is -6.86. The molecule has 9 rings (SSSR count). The molecule has 354 valence electrons. The molecule has 4 heterocycles. The van der Waals surface area contributed by atoms with E-state index in [0.717, 1.165) is 27.8 Å². The van der Waals surface area contributed by atoms with Crippen LogP contribution in [0.3, 0.4) is 0 Å². The van der Waals surface area contributed by atoms with Gasteiger partial charge in [-0.25, -0.2) is 19.6 Å². The SMILES string of the molecule is CC1=C(OC(=O)c2ncc(C(C)C)cc2C2CN(C(c3ccccc3)c3ccccc3)C2)CC(OC(=O)c2ncc(C(C)C)cc2C2CN(C(c3ccccc3)c3ccccc3)C2)([N+](=O)[O-])C(N)C1. The predicted molar refractivity (Wildman–Crippen MR) is 265 cm³/mol. The lowest BCUT2D eigenvalue weighted by molar-refractivity contribution is -0.625. The van der Waals surface area contributed by atoms with E-state index in [2.05, 4.69) is 91.0 Å². The largest absolute Gasteiger partial charge is 0.426 e. The van der Waals surface area contributed by atoms with Crippen molar-refractivity contribution in [3.05, 3.63) is 223 Å². The number of nitrogens with zero attached hydrogens (tertiary/aromatic N) is 5. The maximum absolute atomic E-state index is 14.5. The molecule has 2 unspecified atom stereocenters. The van der Waals surface area contributed by atoms with Crippen LogP contribution in [0.1, 0.15) is 149 Å². The van der Waals surface area contributed by atoms with Crippen molar-refractivity contribution in [1.82, 2.24) is 19.8 Å². The lowest BCUT2D eigenvalue weighted by atomic mass is 9.84. The van der Waals surface area contributed by atoms with Crippen LogP contribution in [0.25, 0.3) is 0 Å². The number of hydrogen-bond acceptors (Lipinski definition) is 11. The highest BCUT2D eigenvalue weighted by molar-refractivity contribution is 5.91. The maximum atomic E-state index is 14.5. The Morgan fingerprint density at radius 2 is 1.01 bits per heavy atom. The summed E-state index contributed by atoms with van der Waals surface area (Å²) >= 11 is 0. The second-order valence-electron chi connectivity index (χ2n) is 19.5. The number of benzene rings is 4. The highest BCUT2D eigenvalue weighted by Gasteiger charge is 2.58. The summed E-state index contributed by atoms with van der Waals surface area (Å²) in [7, 11) is 0. The van der Waals surface area contributed by atoms with Crippen molar-refractivity contribution in [2.75, 3.05) is 26.2 Å². The number of carbonyl (C=O) groups excluding carboxylic acids is 2. The van der Waals surface area contributed by atoms with Gasteiger partial charge in [-0.1, -0.05) is 161 Å². The third kappa shape index (κ3) is 9.61. The van der Waals surface area contributed by atoms with Crippen molar-refractivity contribution in [2.24, 2.45) is 5.73 Å². The zero-order chi connectivity index (χ0) is 48.4. The fourth-order valence-electron chi connectivity index (χ4n) is 10.2. The number of likely N-dealkylation sites (tertiary alicyclic amines) is 2. The Labute approximate surface area is 404 Å². The molecule has 4 aromatic carbocycles. The average Bonchev–Trinajstić information content (AvgIpc) is 3.33. The monoisotopic (exact) mass is 924 g/mol. The van der Waals surface area contributed by atoms with Crippen LogP contribution in [-0.2, 0) is 9.47 Å². The van der Waals surface area contributed by atoms with Gasteiger partial charge in [0.1, 0.15) is 18.2 Å². The molecule has 2 N–H and O–H groups in total. The number of esters is 2. The molecule has 1 aliphatic carbocycles. The second-order valence-corrected chi connectivity index (χ2v) is 19.5. The van der Waals surface area contributed by atoms with Crippen LogP contribution in [-0.4, -0.2) is 74.6 Å². The van der Waals surface area contributed by atoms with E-state index in [0.29, 0.717) is 37.3 Å². The van der Waals surface area contributed by atoms with Crippen molar-refractivity contribution in [3.63, 3.8) is 0 Å². The molecular weight excluding hydrogens is 865 g/mol. The molecule has 12 nitrogen and oxygen atoms in total. The summed E-state index contributed by atoms with van der Waals surface area (Å²) < 4.78 is 12.2. The quantitative estimate of drug-likeness (QED) is 0.0453. The molecule has 3 aliphatic rings. The number of nitrogens with two attached hydrogens (primary N) is 1. The third-order valence-corrected chi connectivity index (χ3v) is 14.3. The van der Waals surface area contributed by atoms with Crippen LogP contribution in [0.2, 0.25) is 0 Å². The van der Waals surface area contributed by atoms with Gasteiger partial charge in [0.2, 0.25) is 0 Å². The molecule has 2 aromatic heterocycles. The number of hydrogen-bond donors (Lipinski definition) is 1. The number of pyridine rings is 2. The summed E-state index contributed by atoms with van der Waals surface area (Å²) in [5.74, 6) is -1.53. The first-order valence-corrected chi connectivity index (χ1v) is 24.0. The normalized spacial score (nSPS) is 19.2. The molecule has 0 bridgehead atoms. The molecule has 6 aromatic rings. The van der Waals surface area contributed by atoms with Crippen LogP contribution < -0.4 is 5.73 Å². The van der Waals surface area contributed by atoms with Gasteiger partial charge in [0.05, 0.1) is 17.0 Å². The van der Waals surface area contributed by atoms with E-state index in [1.54, 1.807) is 19.3 Å². The zero-order valence-electron chi connectivity index (χ0n) is 39.9. The number of ether oxygens (including phenoxy) is 2. The Morgan fingerprint density at radius 1 is 0.638 bits per heavy atom. The Bertz CT molecular complexity index is 2750. The highest BCUT2D eigenvalue weighted by Crippen LogP contribution is 2.43. The number of nitro groups is 1.